The molecule has 258 valence electrons. The van der Waals surface area contributed by atoms with Gasteiger partial charge in [0.1, 0.15) is 5.52 Å². The van der Waals surface area contributed by atoms with E-state index in [1.54, 1.807) is 0 Å². The molecular weight excluding hydrogens is 667 g/mol. The lowest BCUT2D eigenvalue weighted by Crippen LogP contribution is -2.01. The Balaban J connectivity index is 1.09. The summed E-state index contributed by atoms with van der Waals surface area (Å²) < 4.78 is 2.37. The number of benzene rings is 8. The molecule has 3 heteroatoms. The van der Waals surface area contributed by atoms with Crippen LogP contribution < -0.4 is 0 Å². The molecule has 0 aliphatic heterocycles. The summed E-state index contributed by atoms with van der Waals surface area (Å²) in [6.07, 6.45) is 8.90. The molecular formula is C52H35N3. The first-order valence-electron chi connectivity index (χ1n) is 19.1. The van der Waals surface area contributed by atoms with Crippen LogP contribution in [0.4, 0.5) is 0 Å². The molecule has 1 aliphatic rings. The Bertz CT molecular complexity index is 3170. The Morgan fingerprint density at radius 2 is 0.945 bits per heavy atom. The zero-order valence-electron chi connectivity index (χ0n) is 30.2. The number of para-hydroxylation sites is 1. The molecule has 0 N–H and O–H groups in total. The van der Waals surface area contributed by atoms with Gasteiger partial charge in [0.15, 0.2) is 5.82 Å². The Kier molecular flexibility index (Phi) is 7.31. The Morgan fingerprint density at radius 3 is 1.62 bits per heavy atom. The van der Waals surface area contributed by atoms with Crippen molar-refractivity contribution < 1.29 is 0 Å². The van der Waals surface area contributed by atoms with Crippen LogP contribution in [0.1, 0.15) is 12.8 Å². The number of fused-ring (bicyclic) bond motifs is 9. The van der Waals surface area contributed by atoms with Crippen LogP contribution in [0.2, 0.25) is 0 Å². The van der Waals surface area contributed by atoms with Crippen molar-refractivity contribution in [2.24, 2.45) is 0 Å². The fourth-order valence-corrected chi connectivity index (χ4v) is 8.61. The minimum absolute atomic E-state index is 0.725. The standard InChI is InChI=1S/C52H35N3/c1-3-15-34(16-4-1)52-53-49(51-50(54-52)46-27-11-12-28-48(46)55(51)40-21-5-2-6-22-40)39-20-14-19-37(32-39)35-17-13-18-36(31-35)38-29-30-45-43-25-8-7-23-41(43)42-24-9-10-26-44(42)47(45)33-38/h1,3-5,7-33H,2,6H2. The van der Waals surface area contributed by atoms with E-state index in [2.05, 4.69) is 187 Å². The van der Waals surface area contributed by atoms with Crippen molar-refractivity contribution in [2.75, 3.05) is 0 Å². The average molecular weight is 702 g/mol. The highest BCUT2D eigenvalue weighted by Crippen LogP contribution is 2.41. The third-order valence-corrected chi connectivity index (χ3v) is 11.2. The van der Waals surface area contributed by atoms with E-state index in [9.17, 15) is 0 Å². The van der Waals surface area contributed by atoms with Crippen LogP contribution in [0.5, 0.6) is 0 Å². The normalized spacial score (nSPS) is 13.0. The molecule has 0 spiro atoms. The van der Waals surface area contributed by atoms with Crippen LogP contribution in [0.3, 0.4) is 0 Å². The van der Waals surface area contributed by atoms with Gasteiger partial charge in [-0.3, -0.25) is 0 Å². The molecule has 3 nitrogen and oxygen atoms in total. The van der Waals surface area contributed by atoms with E-state index in [-0.39, 0.29) is 0 Å². The van der Waals surface area contributed by atoms with Crippen molar-refractivity contribution >= 4 is 60.0 Å². The van der Waals surface area contributed by atoms with E-state index in [1.807, 2.05) is 6.07 Å². The van der Waals surface area contributed by atoms with Gasteiger partial charge in [-0.05, 0) is 97.8 Å². The van der Waals surface area contributed by atoms with E-state index >= 15 is 0 Å². The molecule has 0 fully saturated rings. The van der Waals surface area contributed by atoms with E-state index in [1.165, 1.54) is 43.4 Å². The second kappa shape index (κ2) is 12.8. The number of allylic oxidation sites excluding steroid dienone is 4. The predicted molar refractivity (Wildman–Crippen MR) is 232 cm³/mol. The van der Waals surface area contributed by atoms with Gasteiger partial charge in [-0.25, -0.2) is 9.97 Å². The molecule has 55 heavy (non-hydrogen) atoms. The first kappa shape index (κ1) is 31.4. The molecule has 2 heterocycles. The van der Waals surface area contributed by atoms with Gasteiger partial charge in [-0.2, -0.15) is 0 Å². The molecule has 0 saturated heterocycles. The maximum absolute atomic E-state index is 5.38. The first-order valence-corrected chi connectivity index (χ1v) is 19.1. The zero-order valence-corrected chi connectivity index (χ0v) is 30.2. The highest BCUT2D eigenvalue weighted by Gasteiger charge is 2.22. The topological polar surface area (TPSA) is 30.7 Å². The lowest BCUT2D eigenvalue weighted by atomic mass is 9.91. The van der Waals surface area contributed by atoms with E-state index < -0.39 is 0 Å². The second-order valence-corrected chi connectivity index (χ2v) is 14.4. The van der Waals surface area contributed by atoms with Crippen LogP contribution in [-0.4, -0.2) is 14.5 Å². The summed E-state index contributed by atoms with van der Waals surface area (Å²) in [5.74, 6) is 0.725. The van der Waals surface area contributed by atoms with Crippen molar-refractivity contribution in [3.63, 3.8) is 0 Å². The highest BCUT2D eigenvalue weighted by atomic mass is 15.0. The molecule has 0 radical (unpaired) electrons. The second-order valence-electron chi connectivity index (χ2n) is 14.4. The fraction of sp³-hybridized carbons (Fsp3) is 0.0385. The van der Waals surface area contributed by atoms with Gasteiger partial charge in [-0.15, -0.1) is 0 Å². The number of rotatable bonds is 5. The summed E-state index contributed by atoms with van der Waals surface area (Å²) >= 11 is 0. The Hall–Kier alpha value is -7.10. The summed E-state index contributed by atoms with van der Waals surface area (Å²) in [6.45, 7) is 0. The summed E-state index contributed by atoms with van der Waals surface area (Å²) in [7, 11) is 0. The van der Waals surface area contributed by atoms with Gasteiger partial charge in [0.25, 0.3) is 0 Å². The van der Waals surface area contributed by atoms with Crippen LogP contribution in [0.15, 0.2) is 188 Å². The van der Waals surface area contributed by atoms with Crippen molar-refractivity contribution in [1.82, 2.24) is 14.5 Å². The first-order chi connectivity index (χ1) is 27.3. The van der Waals surface area contributed by atoms with Crippen molar-refractivity contribution in [2.45, 2.75) is 12.8 Å². The van der Waals surface area contributed by atoms with Crippen molar-refractivity contribution in [1.29, 1.82) is 0 Å². The fourth-order valence-electron chi connectivity index (χ4n) is 8.61. The Morgan fingerprint density at radius 1 is 0.400 bits per heavy atom. The Labute approximate surface area is 319 Å². The lowest BCUT2D eigenvalue weighted by molar-refractivity contribution is 1.02. The number of aromatic nitrogens is 3. The van der Waals surface area contributed by atoms with Gasteiger partial charge in [0, 0.05) is 22.2 Å². The van der Waals surface area contributed by atoms with Crippen LogP contribution in [0.25, 0.3) is 105 Å². The zero-order chi connectivity index (χ0) is 36.3. The summed E-state index contributed by atoms with van der Waals surface area (Å²) in [4.78, 5) is 10.7. The molecule has 0 amide bonds. The average Bonchev–Trinajstić information content (AvgIpc) is 3.61. The maximum Gasteiger partial charge on any atom is 0.160 e. The van der Waals surface area contributed by atoms with Gasteiger partial charge in [0.2, 0.25) is 0 Å². The molecule has 10 aromatic rings. The minimum Gasteiger partial charge on any atom is -0.306 e. The van der Waals surface area contributed by atoms with Crippen molar-refractivity contribution in [3.8, 4) is 44.9 Å². The van der Waals surface area contributed by atoms with Crippen LogP contribution >= 0.6 is 0 Å². The number of hydrogen-bond acceptors (Lipinski definition) is 2. The third kappa shape index (κ3) is 5.20. The summed E-state index contributed by atoms with van der Waals surface area (Å²) in [5, 5.41) is 8.84. The van der Waals surface area contributed by atoms with Crippen molar-refractivity contribution in [3.05, 3.63) is 188 Å². The molecule has 1 aliphatic carbocycles. The van der Waals surface area contributed by atoms with Gasteiger partial charge < -0.3 is 4.57 Å². The van der Waals surface area contributed by atoms with Crippen LogP contribution in [-0.2, 0) is 0 Å². The molecule has 0 saturated carbocycles. The SMILES string of the molecule is C1=CC(n2c3ccccc3c3nc(-c4ccccc4)nc(-c4cccc(-c5cccc(-c6ccc7c8ccccc8c8ccccc8c7c6)c5)c4)c32)=CCC1. The van der Waals surface area contributed by atoms with Gasteiger partial charge >= 0.3 is 0 Å². The molecule has 2 aromatic heterocycles. The molecule has 0 bridgehead atoms. The molecule has 0 atom stereocenters. The number of nitrogens with zero attached hydrogens (tertiary/aromatic N) is 3. The third-order valence-electron chi connectivity index (χ3n) is 11.2. The predicted octanol–water partition coefficient (Wildman–Crippen LogP) is 13.9. The van der Waals surface area contributed by atoms with E-state index in [0.29, 0.717) is 0 Å². The maximum atomic E-state index is 5.38. The quantitative estimate of drug-likeness (QED) is 0.167. The highest BCUT2D eigenvalue weighted by molar-refractivity contribution is 6.25. The molecule has 11 rings (SSSR count). The minimum atomic E-state index is 0.725. The largest absolute Gasteiger partial charge is 0.306 e. The molecule has 8 aromatic carbocycles. The molecule has 0 unspecified atom stereocenters. The van der Waals surface area contributed by atoms with E-state index in [0.717, 1.165) is 74.2 Å². The van der Waals surface area contributed by atoms with Crippen LogP contribution in [0, 0.1) is 0 Å². The summed E-state index contributed by atoms with van der Waals surface area (Å²) in [5.41, 5.74) is 12.0. The van der Waals surface area contributed by atoms with E-state index in [4.69, 9.17) is 9.97 Å². The summed E-state index contributed by atoms with van der Waals surface area (Å²) in [6, 6.07) is 61.2. The lowest BCUT2D eigenvalue weighted by Gasteiger charge is -2.15. The number of hydrogen-bond donors (Lipinski definition) is 0. The smallest absolute Gasteiger partial charge is 0.160 e. The monoisotopic (exact) mass is 701 g/mol. The van der Waals surface area contributed by atoms with Gasteiger partial charge in [0.05, 0.1) is 16.7 Å². The van der Waals surface area contributed by atoms with Gasteiger partial charge in [-0.1, -0.05) is 158 Å².